The van der Waals surface area contributed by atoms with Gasteiger partial charge in [-0.2, -0.15) is 0 Å². The van der Waals surface area contributed by atoms with Crippen LogP contribution in [0.25, 0.3) is 0 Å². The normalized spacial score (nSPS) is 15.3. The van der Waals surface area contributed by atoms with Crippen molar-refractivity contribution >= 4 is 11.3 Å². The van der Waals surface area contributed by atoms with Gasteiger partial charge in [-0.25, -0.2) is 0 Å². The van der Waals surface area contributed by atoms with Crippen molar-refractivity contribution in [1.82, 2.24) is 4.90 Å². The Kier molecular flexibility index (Phi) is 6.03. The summed E-state index contributed by atoms with van der Waals surface area (Å²) in [6.07, 6.45) is 3.32. The van der Waals surface area contributed by atoms with E-state index in [9.17, 15) is 0 Å². The van der Waals surface area contributed by atoms with Crippen molar-refractivity contribution in [2.75, 3.05) is 13.6 Å². The van der Waals surface area contributed by atoms with E-state index in [1.54, 1.807) is 0 Å². The van der Waals surface area contributed by atoms with Gasteiger partial charge in [0.2, 0.25) is 0 Å². The highest BCUT2D eigenvalue weighted by molar-refractivity contribution is 7.09. The van der Waals surface area contributed by atoms with Crippen molar-refractivity contribution in [1.29, 1.82) is 0 Å². The molecule has 0 fully saturated rings. The Morgan fingerprint density at radius 3 is 2.81 bits per heavy atom. The van der Waals surface area contributed by atoms with Crippen LogP contribution in [-0.2, 0) is 6.42 Å². The van der Waals surface area contributed by atoms with Gasteiger partial charge in [0.05, 0.1) is 0 Å². The van der Waals surface area contributed by atoms with Gasteiger partial charge in [-0.05, 0) is 51.2 Å². The molecule has 0 aliphatic heterocycles. The van der Waals surface area contributed by atoms with Gasteiger partial charge in [0.1, 0.15) is 0 Å². The second-order valence-electron chi connectivity index (χ2n) is 4.57. The second-order valence-corrected chi connectivity index (χ2v) is 5.60. The highest BCUT2D eigenvalue weighted by Crippen LogP contribution is 2.13. The first kappa shape index (κ1) is 13.7. The lowest BCUT2D eigenvalue weighted by Crippen LogP contribution is -2.34. The van der Waals surface area contributed by atoms with E-state index < -0.39 is 0 Å². The molecule has 2 atom stereocenters. The molecule has 2 N–H and O–H groups in total. The van der Waals surface area contributed by atoms with Crippen LogP contribution in [0.1, 0.15) is 31.6 Å². The summed E-state index contributed by atoms with van der Waals surface area (Å²) in [4.78, 5) is 3.88. The molecule has 0 aliphatic carbocycles. The van der Waals surface area contributed by atoms with Crippen molar-refractivity contribution in [3.8, 4) is 0 Å². The third kappa shape index (κ3) is 4.64. The molecule has 1 heterocycles. The fourth-order valence-corrected chi connectivity index (χ4v) is 2.50. The van der Waals surface area contributed by atoms with Crippen LogP contribution >= 0.6 is 11.3 Å². The smallest absolute Gasteiger partial charge is 0.0112 e. The molecule has 0 aliphatic rings. The topological polar surface area (TPSA) is 29.3 Å². The molecule has 0 saturated heterocycles. The standard InChI is InChI=1S/C13H24N2S/c1-4-12(14)7-8-15(3)11(2)10-13-6-5-9-16-13/h5-6,9,11-12H,4,7-8,10,14H2,1-3H3. The molecule has 1 rings (SSSR count). The number of hydrogen-bond donors (Lipinski definition) is 1. The summed E-state index contributed by atoms with van der Waals surface area (Å²) in [5.74, 6) is 0. The molecule has 0 bridgehead atoms. The Morgan fingerprint density at radius 1 is 1.50 bits per heavy atom. The summed E-state index contributed by atoms with van der Waals surface area (Å²) in [6, 6.07) is 5.30. The largest absolute Gasteiger partial charge is 0.328 e. The van der Waals surface area contributed by atoms with Gasteiger partial charge in [-0.1, -0.05) is 13.0 Å². The molecule has 0 aromatic carbocycles. The van der Waals surface area contributed by atoms with E-state index in [-0.39, 0.29) is 0 Å². The molecule has 1 aromatic heterocycles. The summed E-state index contributed by atoms with van der Waals surface area (Å²) < 4.78 is 0. The molecule has 2 unspecified atom stereocenters. The van der Waals surface area contributed by atoms with Crippen LogP contribution in [0.15, 0.2) is 17.5 Å². The first-order valence-electron chi connectivity index (χ1n) is 6.11. The molecular weight excluding hydrogens is 216 g/mol. The van der Waals surface area contributed by atoms with Crippen molar-refractivity contribution < 1.29 is 0 Å². The Morgan fingerprint density at radius 2 is 2.25 bits per heavy atom. The maximum Gasteiger partial charge on any atom is 0.0112 e. The molecule has 0 radical (unpaired) electrons. The lowest BCUT2D eigenvalue weighted by molar-refractivity contribution is 0.247. The zero-order valence-electron chi connectivity index (χ0n) is 10.6. The fourth-order valence-electron chi connectivity index (χ4n) is 1.67. The molecule has 3 heteroatoms. The molecule has 92 valence electrons. The van der Waals surface area contributed by atoms with Crippen molar-refractivity contribution in [3.05, 3.63) is 22.4 Å². The minimum atomic E-state index is 0.358. The predicted octanol–water partition coefficient (Wildman–Crippen LogP) is 2.74. The summed E-state index contributed by atoms with van der Waals surface area (Å²) in [7, 11) is 2.20. The van der Waals surface area contributed by atoms with E-state index in [0.29, 0.717) is 12.1 Å². The van der Waals surface area contributed by atoms with Gasteiger partial charge >= 0.3 is 0 Å². The van der Waals surface area contributed by atoms with Gasteiger partial charge in [0, 0.05) is 17.0 Å². The predicted molar refractivity (Wildman–Crippen MR) is 73.0 cm³/mol. The summed E-state index contributed by atoms with van der Waals surface area (Å²) >= 11 is 1.85. The van der Waals surface area contributed by atoms with Crippen LogP contribution in [0.4, 0.5) is 0 Å². The third-order valence-corrected chi connectivity index (χ3v) is 4.10. The van der Waals surface area contributed by atoms with Crippen molar-refractivity contribution in [2.24, 2.45) is 5.73 Å². The average molecular weight is 240 g/mol. The average Bonchev–Trinajstić information content (AvgIpc) is 2.77. The lowest BCUT2D eigenvalue weighted by atomic mass is 10.1. The second kappa shape index (κ2) is 7.05. The van der Waals surface area contributed by atoms with E-state index in [1.807, 2.05) is 11.3 Å². The molecule has 16 heavy (non-hydrogen) atoms. The summed E-state index contributed by atoms with van der Waals surface area (Å²) in [5.41, 5.74) is 5.93. The maximum absolute atomic E-state index is 5.93. The van der Waals surface area contributed by atoms with Crippen LogP contribution < -0.4 is 5.73 Å². The van der Waals surface area contributed by atoms with E-state index in [0.717, 1.165) is 25.8 Å². The first-order valence-corrected chi connectivity index (χ1v) is 6.99. The first-order chi connectivity index (χ1) is 7.63. The summed E-state index contributed by atoms with van der Waals surface area (Å²) in [5, 5.41) is 2.15. The molecular formula is C13H24N2S. The maximum atomic E-state index is 5.93. The van der Waals surface area contributed by atoms with E-state index in [4.69, 9.17) is 5.73 Å². The van der Waals surface area contributed by atoms with Gasteiger partial charge in [-0.15, -0.1) is 11.3 Å². The van der Waals surface area contributed by atoms with Gasteiger partial charge in [0.25, 0.3) is 0 Å². The molecule has 0 saturated carbocycles. The van der Waals surface area contributed by atoms with Crippen LogP contribution in [0, 0.1) is 0 Å². The number of rotatable bonds is 7. The Labute approximate surface area is 103 Å². The number of nitrogens with two attached hydrogens (primary N) is 1. The van der Waals surface area contributed by atoms with E-state index in [2.05, 4.69) is 43.3 Å². The Hall–Kier alpha value is -0.380. The number of thiophene rings is 1. The van der Waals surface area contributed by atoms with E-state index >= 15 is 0 Å². The number of likely N-dealkylation sites (N-methyl/N-ethyl adjacent to an activating group) is 1. The zero-order chi connectivity index (χ0) is 12.0. The fraction of sp³-hybridized carbons (Fsp3) is 0.692. The quantitative estimate of drug-likeness (QED) is 0.794. The summed E-state index contributed by atoms with van der Waals surface area (Å²) in [6.45, 7) is 5.54. The molecule has 1 aromatic rings. The SMILES string of the molecule is CCC(N)CCN(C)C(C)Cc1cccs1. The minimum Gasteiger partial charge on any atom is -0.328 e. The number of nitrogens with zero attached hydrogens (tertiary/aromatic N) is 1. The van der Waals surface area contributed by atoms with Gasteiger partial charge in [-0.3, -0.25) is 0 Å². The van der Waals surface area contributed by atoms with Crippen LogP contribution in [-0.4, -0.2) is 30.6 Å². The highest BCUT2D eigenvalue weighted by atomic mass is 32.1. The molecule has 2 nitrogen and oxygen atoms in total. The zero-order valence-corrected chi connectivity index (χ0v) is 11.5. The Bertz CT molecular complexity index is 271. The third-order valence-electron chi connectivity index (χ3n) is 3.21. The molecule has 0 spiro atoms. The van der Waals surface area contributed by atoms with Gasteiger partial charge in [0.15, 0.2) is 0 Å². The highest BCUT2D eigenvalue weighted by Gasteiger charge is 2.11. The lowest BCUT2D eigenvalue weighted by Gasteiger charge is -2.25. The van der Waals surface area contributed by atoms with Crippen LogP contribution in [0.5, 0.6) is 0 Å². The van der Waals surface area contributed by atoms with Gasteiger partial charge < -0.3 is 10.6 Å². The van der Waals surface area contributed by atoms with Crippen LogP contribution in [0.2, 0.25) is 0 Å². The number of hydrogen-bond acceptors (Lipinski definition) is 3. The van der Waals surface area contributed by atoms with Crippen molar-refractivity contribution in [2.45, 2.75) is 45.2 Å². The molecule has 0 amide bonds. The van der Waals surface area contributed by atoms with E-state index in [1.165, 1.54) is 4.88 Å². The van der Waals surface area contributed by atoms with Crippen molar-refractivity contribution in [3.63, 3.8) is 0 Å². The van der Waals surface area contributed by atoms with Crippen LogP contribution in [0.3, 0.4) is 0 Å². The Balaban J connectivity index is 2.27. The minimum absolute atomic E-state index is 0.358. The monoisotopic (exact) mass is 240 g/mol.